The van der Waals surface area contributed by atoms with Crippen LogP contribution in [0, 0.1) is 5.92 Å². The molecule has 2 fully saturated rings. The maximum absolute atomic E-state index is 12.4. The van der Waals surface area contributed by atoms with Crippen LogP contribution in [0.3, 0.4) is 0 Å². The lowest BCUT2D eigenvalue weighted by molar-refractivity contribution is -0.141. The average Bonchev–Trinajstić information content (AvgIpc) is 2.91. The first kappa shape index (κ1) is 11.6. The predicted octanol–water partition coefficient (Wildman–Crippen LogP) is 1.66. The topological polar surface area (TPSA) is 70.8 Å². The highest BCUT2D eigenvalue weighted by atomic mass is 32.2. The summed E-state index contributed by atoms with van der Waals surface area (Å²) in [5.74, 6) is -0.240. The van der Waals surface area contributed by atoms with Gasteiger partial charge in [-0.2, -0.15) is 0 Å². The van der Waals surface area contributed by atoms with Crippen molar-refractivity contribution in [3.8, 4) is 0 Å². The molecule has 1 N–H and O–H groups in total. The van der Waals surface area contributed by atoms with Crippen LogP contribution in [0.25, 0.3) is 0 Å². The monoisotopic (exact) mass is 267 g/mol. The quantitative estimate of drug-likeness (QED) is 0.901. The van der Waals surface area contributed by atoms with Crippen LogP contribution in [0.15, 0.2) is 23.0 Å². The molecule has 5 nitrogen and oxygen atoms in total. The lowest BCUT2D eigenvalue weighted by atomic mass is 10.2. The highest BCUT2D eigenvalue weighted by molar-refractivity contribution is 8.00. The van der Waals surface area contributed by atoms with Crippen LogP contribution in [-0.2, 0) is 4.79 Å². The maximum Gasteiger partial charge on any atom is 0.327 e. The van der Waals surface area contributed by atoms with E-state index in [9.17, 15) is 14.7 Å². The number of hydrogen-bond donors (Lipinski definition) is 1. The summed E-state index contributed by atoms with van der Waals surface area (Å²) in [5, 5.41) is 9.23. The third-order valence-corrected chi connectivity index (χ3v) is 4.81. The standard InChI is InChI=1S/C12H13NO4S/c14-10(8-3-4-17-5-8)13-9(12(15)16)6-18-11(13)7-1-2-7/h3-5,7,9,11H,1-2,6H2,(H,15,16). The van der Waals surface area contributed by atoms with Crippen LogP contribution >= 0.6 is 11.8 Å². The zero-order valence-electron chi connectivity index (χ0n) is 9.61. The van der Waals surface area contributed by atoms with Gasteiger partial charge in [0.2, 0.25) is 0 Å². The molecule has 1 saturated heterocycles. The van der Waals surface area contributed by atoms with Gasteiger partial charge >= 0.3 is 5.97 Å². The first-order valence-electron chi connectivity index (χ1n) is 5.88. The van der Waals surface area contributed by atoms with E-state index in [0.717, 1.165) is 12.8 Å². The van der Waals surface area contributed by atoms with Crippen LogP contribution in [-0.4, -0.2) is 39.1 Å². The maximum atomic E-state index is 12.4. The van der Waals surface area contributed by atoms with E-state index in [4.69, 9.17) is 4.42 Å². The Morgan fingerprint density at radius 1 is 1.44 bits per heavy atom. The SMILES string of the molecule is O=C(O)C1CSC(C2CC2)N1C(=O)c1ccoc1. The van der Waals surface area contributed by atoms with Crippen molar-refractivity contribution >= 4 is 23.6 Å². The molecular weight excluding hydrogens is 254 g/mol. The van der Waals surface area contributed by atoms with Gasteiger partial charge in [-0.05, 0) is 24.8 Å². The number of furan rings is 1. The van der Waals surface area contributed by atoms with Gasteiger partial charge in [0.1, 0.15) is 12.3 Å². The van der Waals surface area contributed by atoms with E-state index >= 15 is 0 Å². The Labute approximate surface area is 108 Å². The second-order valence-corrected chi connectivity index (χ2v) is 5.79. The van der Waals surface area contributed by atoms with Gasteiger partial charge in [0.25, 0.3) is 5.91 Å². The summed E-state index contributed by atoms with van der Waals surface area (Å²) in [6, 6.07) is 0.858. The molecule has 3 rings (SSSR count). The average molecular weight is 267 g/mol. The van der Waals surface area contributed by atoms with Gasteiger partial charge in [-0.3, -0.25) is 4.79 Å². The molecule has 2 atom stereocenters. The van der Waals surface area contributed by atoms with Crippen molar-refractivity contribution in [3.05, 3.63) is 24.2 Å². The highest BCUT2D eigenvalue weighted by Crippen LogP contribution is 2.45. The normalized spacial score (nSPS) is 27.4. The Balaban J connectivity index is 1.88. The minimum Gasteiger partial charge on any atom is -0.480 e. The van der Waals surface area contributed by atoms with Gasteiger partial charge < -0.3 is 14.4 Å². The van der Waals surface area contributed by atoms with Crippen molar-refractivity contribution in [2.45, 2.75) is 24.3 Å². The van der Waals surface area contributed by atoms with Crippen molar-refractivity contribution in [3.63, 3.8) is 0 Å². The molecule has 0 radical (unpaired) electrons. The molecule has 96 valence electrons. The molecule has 2 unspecified atom stereocenters. The molecule has 6 heteroatoms. The molecule has 18 heavy (non-hydrogen) atoms. The predicted molar refractivity (Wildman–Crippen MR) is 65.3 cm³/mol. The summed E-state index contributed by atoms with van der Waals surface area (Å²) in [5.41, 5.74) is 0.425. The van der Waals surface area contributed by atoms with Crippen LogP contribution in [0.2, 0.25) is 0 Å². The number of carboxylic acid groups (broad SMARTS) is 1. The third kappa shape index (κ3) is 1.90. The number of amides is 1. The minimum atomic E-state index is -0.928. The lowest BCUT2D eigenvalue weighted by Crippen LogP contribution is -2.46. The second-order valence-electron chi connectivity index (χ2n) is 4.64. The van der Waals surface area contributed by atoms with Crippen LogP contribution < -0.4 is 0 Å². The molecule has 0 aromatic carbocycles. The van der Waals surface area contributed by atoms with E-state index in [1.54, 1.807) is 17.8 Å². The molecule has 1 saturated carbocycles. The zero-order chi connectivity index (χ0) is 12.7. The van der Waals surface area contributed by atoms with E-state index in [1.807, 2.05) is 0 Å². The molecule has 1 aromatic heterocycles. The van der Waals surface area contributed by atoms with Crippen molar-refractivity contribution < 1.29 is 19.1 Å². The summed E-state index contributed by atoms with van der Waals surface area (Å²) in [4.78, 5) is 25.1. The number of hydrogen-bond acceptors (Lipinski definition) is 4. The number of carbonyl (C=O) groups is 2. The van der Waals surface area contributed by atoms with Gasteiger partial charge in [-0.1, -0.05) is 0 Å². The number of carboxylic acids is 1. The van der Waals surface area contributed by atoms with Crippen LogP contribution in [0.4, 0.5) is 0 Å². The van der Waals surface area contributed by atoms with Crippen molar-refractivity contribution in [1.82, 2.24) is 4.90 Å². The fourth-order valence-corrected chi connectivity index (χ4v) is 3.89. The fraction of sp³-hybridized carbons (Fsp3) is 0.500. The van der Waals surface area contributed by atoms with E-state index < -0.39 is 12.0 Å². The fourth-order valence-electron chi connectivity index (χ4n) is 2.25. The minimum absolute atomic E-state index is 0.00787. The molecule has 0 spiro atoms. The zero-order valence-corrected chi connectivity index (χ0v) is 10.4. The van der Waals surface area contributed by atoms with Gasteiger partial charge in [0.05, 0.1) is 17.2 Å². The summed E-state index contributed by atoms with van der Waals surface area (Å²) in [7, 11) is 0. The van der Waals surface area contributed by atoms with Gasteiger partial charge in [0, 0.05) is 5.75 Å². The first-order valence-corrected chi connectivity index (χ1v) is 6.92. The van der Waals surface area contributed by atoms with Gasteiger partial charge in [-0.25, -0.2) is 4.79 Å². The summed E-state index contributed by atoms with van der Waals surface area (Å²) in [6.45, 7) is 0. The number of rotatable bonds is 3. The smallest absolute Gasteiger partial charge is 0.327 e. The molecule has 2 heterocycles. The number of aliphatic carboxylic acids is 1. The van der Waals surface area contributed by atoms with Gasteiger partial charge in [-0.15, -0.1) is 11.8 Å². The number of carbonyl (C=O) groups excluding carboxylic acids is 1. The van der Waals surface area contributed by atoms with Crippen LogP contribution in [0.5, 0.6) is 0 Å². The summed E-state index contributed by atoms with van der Waals surface area (Å²) >= 11 is 1.58. The highest BCUT2D eigenvalue weighted by Gasteiger charge is 2.48. The van der Waals surface area contributed by atoms with E-state index in [-0.39, 0.29) is 11.3 Å². The Hall–Kier alpha value is -1.43. The van der Waals surface area contributed by atoms with E-state index in [2.05, 4.69) is 0 Å². The van der Waals surface area contributed by atoms with Crippen molar-refractivity contribution in [2.24, 2.45) is 5.92 Å². The number of thioether (sulfide) groups is 1. The van der Waals surface area contributed by atoms with Crippen molar-refractivity contribution in [1.29, 1.82) is 0 Å². The van der Waals surface area contributed by atoms with E-state index in [1.165, 1.54) is 17.4 Å². The largest absolute Gasteiger partial charge is 0.480 e. The molecule has 1 aliphatic heterocycles. The molecule has 1 aromatic rings. The molecule has 0 bridgehead atoms. The Morgan fingerprint density at radius 2 is 2.22 bits per heavy atom. The Bertz CT molecular complexity index is 468. The van der Waals surface area contributed by atoms with Crippen LogP contribution in [0.1, 0.15) is 23.2 Å². The van der Waals surface area contributed by atoms with Gasteiger partial charge in [0.15, 0.2) is 0 Å². The molecule has 2 aliphatic rings. The molecule has 1 aliphatic carbocycles. The van der Waals surface area contributed by atoms with Crippen molar-refractivity contribution in [2.75, 3.05) is 5.75 Å². The summed E-state index contributed by atoms with van der Waals surface area (Å²) < 4.78 is 4.90. The third-order valence-electron chi connectivity index (χ3n) is 3.35. The Morgan fingerprint density at radius 3 is 2.78 bits per heavy atom. The van der Waals surface area contributed by atoms with E-state index in [0.29, 0.717) is 17.2 Å². The first-order chi connectivity index (χ1) is 8.68. The summed E-state index contributed by atoms with van der Waals surface area (Å²) in [6.07, 6.45) is 4.96. The second kappa shape index (κ2) is 4.35. The Kier molecular flexibility index (Phi) is 2.81. The lowest BCUT2D eigenvalue weighted by Gasteiger charge is -2.26. The number of nitrogens with zero attached hydrogens (tertiary/aromatic N) is 1. The molecule has 1 amide bonds. The molecular formula is C12H13NO4S.